The molecule has 4 N–H and O–H groups in total. The van der Waals surface area contributed by atoms with Gasteiger partial charge in [0.2, 0.25) is 11.9 Å². The van der Waals surface area contributed by atoms with Gasteiger partial charge in [0.25, 0.3) is 5.91 Å². The second kappa shape index (κ2) is 14.8. The molecule has 14 nitrogen and oxygen atoms in total. The normalized spacial score (nSPS) is 19.5. The third-order valence-electron chi connectivity index (χ3n) is 10.2. The number of aromatic nitrogens is 3. The first-order valence-electron chi connectivity index (χ1n) is 17.6. The molecule has 50 heavy (non-hydrogen) atoms. The van der Waals surface area contributed by atoms with E-state index in [1.807, 2.05) is 29.2 Å². The fourth-order valence-electron chi connectivity index (χ4n) is 7.34. The Bertz CT molecular complexity index is 1700. The second-order valence-corrected chi connectivity index (χ2v) is 13.5. The van der Waals surface area contributed by atoms with Crippen molar-refractivity contribution in [3.63, 3.8) is 0 Å². The molecule has 0 spiro atoms. The maximum atomic E-state index is 15.5. The number of rotatable bonds is 9. The molecule has 0 saturated carbocycles. The number of imide groups is 1. The summed E-state index contributed by atoms with van der Waals surface area (Å²) in [6, 6.07) is 12.6. The fourth-order valence-corrected chi connectivity index (χ4v) is 7.34. The largest absolute Gasteiger partial charge is 0.369 e. The maximum absolute atomic E-state index is 15.5. The maximum Gasteiger partial charge on any atom is 0.328 e. The Hall–Kier alpha value is -5.05. The molecule has 0 atom stereocenters. The van der Waals surface area contributed by atoms with Crippen molar-refractivity contribution in [2.45, 2.75) is 38.5 Å². The van der Waals surface area contributed by atoms with Crippen molar-refractivity contribution in [1.82, 2.24) is 25.4 Å². The molecule has 7 rings (SSSR count). The number of carbonyl (C=O) groups excluding carboxylic acids is 3. The van der Waals surface area contributed by atoms with Crippen LogP contribution in [0.25, 0.3) is 0 Å². The third-order valence-corrected chi connectivity index (χ3v) is 10.2. The lowest BCUT2D eigenvalue weighted by Crippen LogP contribution is -2.49. The Morgan fingerprint density at radius 1 is 0.840 bits per heavy atom. The summed E-state index contributed by atoms with van der Waals surface area (Å²) in [4.78, 5) is 50.9. The van der Waals surface area contributed by atoms with Gasteiger partial charge >= 0.3 is 6.03 Å². The summed E-state index contributed by atoms with van der Waals surface area (Å²) in [7, 11) is 0. The van der Waals surface area contributed by atoms with Gasteiger partial charge in [-0.25, -0.2) is 9.18 Å². The van der Waals surface area contributed by atoms with Crippen LogP contribution in [0.15, 0.2) is 42.5 Å². The molecule has 0 aliphatic carbocycles. The number of anilines is 6. The third kappa shape index (κ3) is 7.57. The predicted molar refractivity (Wildman–Crippen MR) is 190 cm³/mol. The zero-order chi connectivity index (χ0) is 34.6. The van der Waals surface area contributed by atoms with Gasteiger partial charge in [0.1, 0.15) is 5.82 Å². The molecule has 5 heterocycles. The number of amides is 4. The Morgan fingerprint density at radius 3 is 2.24 bits per heavy atom. The lowest BCUT2D eigenvalue weighted by molar-refractivity contribution is -0.120. The van der Waals surface area contributed by atoms with E-state index in [2.05, 4.69) is 40.5 Å². The number of nitrogens with one attached hydrogen (secondary N) is 2. The summed E-state index contributed by atoms with van der Waals surface area (Å²) in [6.45, 7) is 8.42. The van der Waals surface area contributed by atoms with E-state index in [1.54, 1.807) is 17.0 Å². The minimum Gasteiger partial charge on any atom is -0.369 e. The molecule has 0 unspecified atom stereocenters. The van der Waals surface area contributed by atoms with Crippen molar-refractivity contribution in [2.75, 3.05) is 90.4 Å². The molecular weight excluding hydrogens is 641 g/mol. The fraction of sp³-hybridized carbons (Fsp3) is 0.486. The lowest BCUT2D eigenvalue weighted by Gasteiger charge is -2.40. The SMILES string of the molecule is NC(=O)c1nnc(N2CCCCC2)nc1Nc1ccc(N2CCC(CN3CCN(c4ccc(N5CCC(=O)NC5=O)cc4)CC3)CC2)c(F)c1. The topological polar surface area (TPSA) is 156 Å². The minimum absolute atomic E-state index is 0.0854. The van der Waals surface area contributed by atoms with Crippen LogP contribution in [0.5, 0.6) is 0 Å². The molecular formula is C35H44FN11O3. The van der Waals surface area contributed by atoms with Crippen LogP contribution in [-0.4, -0.2) is 103 Å². The highest BCUT2D eigenvalue weighted by molar-refractivity contribution is 6.05. The minimum atomic E-state index is -0.753. The van der Waals surface area contributed by atoms with Crippen LogP contribution in [0.3, 0.4) is 0 Å². The number of hydrogen-bond donors (Lipinski definition) is 3. The Balaban J connectivity index is 0.888. The summed E-state index contributed by atoms with van der Waals surface area (Å²) in [5, 5.41) is 13.6. The number of piperidine rings is 2. The molecule has 2 aromatic carbocycles. The van der Waals surface area contributed by atoms with Gasteiger partial charge in [-0.3, -0.25) is 24.7 Å². The van der Waals surface area contributed by atoms with Crippen molar-refractivity contribution in [3.8, 4) is 0 Å². The van der Waals surface area contributed by atoms with Crippen LogP contribution in [0.2, 0.25) is 0 Å². The van der Waals surface area contributed by atoms with Gasteiger partial charge in [0.15, 0.2) is 11.5 Å². The molecule has 4 fully saturated rings. The van der Waals surface area contributed by atoms with Gasteiger partial charge in [-0.15, -0.1) is 10.2 Å². The number of carbonyl (C=O) groups is 3. The highest BCUT2D eigenvalue weighted by Crippen LogP contribution is 2.30. The Morgan fingerprint density at radius 2 is 1.56 bits per heavy atom. The summed E-state index contributed by atoms with van der Waals surface area (Å²) in [6.07, 6.45) is 5.52. The molecule has 264 valence electrons. The molecule has 3 aromatic rings. The number of halogens is 1. The summed E-state index contributed by atoms with van der Waals surface area (Å²) in [5.74, 6) is -0.183. The van der Waals surface area contributed by atoms with E-state index in [1.165, 1.54) is 6.07 Å². The van der Waals surface area contributed by atoms with Crippen molar-refractivity contribution >= 4 is 52.4 Å². The number of piperazine rings is 1. The molecule has 4 saturated heterocycles. The van der Waals surface area contributed by atoms with Crippen molar-refractivity contribution in [1.29, 1.82) is 0 Å². The molecule has 0 bridgehead atoms. The first-order valence-corrected chi connectivity index (χ1v) is 17.6. The van der Waals surface area contributed by atoms with E-state index in [4.69, 9.17) is 5.73 Å². The zero-order valence-corrected chi connectivity index (χ0v) is 28.2. The Labute approximate surface area is 290 Å². The van der Waals surface area contributed by atoms with Gasteiger partial charge in [-0.1, -0.05) is 0 Å². The number of urea groups is 1. The smallest absolute Gasteiger partial charge is 0.328 e. The van der Waals surface area contributed by atoms with E-state index in [0.717, 1.165) is 102 Å². The molecule has 4 aliphatic rings. The standard InChI is InChI=1S/C35H44FN11O3/c36-28-22-25(38-33-31(32(37)49)41-42-34(40-33)46-13-2-1-3-14-46)4-9-29(28)45-15-10-24(11-16-45)23-43-18-20-44(21-19-43)26-5-7-27(8-6-26)47-17-12-30(48)39-35(47)50/h4-9,22,24H,1-3,10-21,23H2,(H2,37,49)(H,38,40,42)(H,39,48,50). The highest BCUT2D eigenvalue weighted by atomic mass is 19.1. The van der Waals surface area contributed by atoms with E-state index in [9.17, 15) is 14.4 Å². The average molecular weight is 686 g/mol. The van der Waals surface area contributed by atoms with Gasteiger partial charge < -0.3 is 25.8 Å². The van der Waals surface area contributed by atoms with Gasteiger partial charge in [0.05, 0.1) is 5.69 Å². The lowest BCUT2D eigenvalue weighted by atomic mass is 9.95. The van der Waals surface area contributed by atoms with Gasteiger partial charge in [-0.05, 0) is 80.5 Å². The highest BCUT2D eigenvalue weighted by Gasteiger charge is 2.27. The van der Waals surface area contributed by atoms with Crippen LogP contribution in [-0.2, 0) is 4.79 Å². The van der Waals surface area contributed by atoms with Crippen LogP contribution in [0.4, 0.5) is 43.7 Å². The number of primary amides is 1. The van der Waals surface area contributed by atoms with Gasteiger partial charge in [0, 0.05) is 88.9 Å². The average Bonchev–Trinajstić information content (AvgIpc) is 3.13. The molecule has 15 heteroatoms. The van der Waals surface area contributed by atoms with E-state index >= 15 is 4.39 Å². The van der Waals surface area contributed by atoms with Crippen molar-refractivity contribution in [3.05, 3.63) is 54.0 Å². The van der Waals surface area contributed by atoms with Crippen LogP contribution >= 0.6 is 0 Å². The summed E-state index contributed by atoms with van der Waals surface area (Å²) < 4.78 is 15.5. The second-order valence-electron chi connectivity index (χ2n) is 13.5. The number of hydrogen-bond acceptors (Lipinski definition) is 11. The molecule has 4 aliphatic heterocycles. The summed E-state index contributed by atoms with van der Waals surface area (Å²) >= 11 is 0. The summed E-state index contributed by atoms with van der Waals surface area (Å²) in [5.41, 5.74) is 8.39. The van der Waals surface area contributed by atoms with Crippen LogP contribution < -0.4 is 36.0 Å². The van der Waals surface area contributed by atoms with E-state index in [-0.39, 0.29) is 29.3 Å². The quantitative estimate of drug-likeness (QED) is 0.304. The first kappa shape index (κ1) is 33.4. The molecule has 0 radical (unpaired) electrons. The Kier molecular flexibility index (Phi) is 9.92. The zero-order valence-electron chi connectivity index (χ0n) is 28.2. The van der Waals surface area contributed by atoms with Gasteiger partial charge in [-0.2, -0.15) is 4.98 Å². The first-order chi connectivity index (χ1) is 24.3. The van der Waals surface area contributed by atoms with Crippen LogP contribution in [0.1, 0.15) is 49.0 Å². The van der Waals surface area contributed by atoms with E-state index in [0.29, 0.717) is 36.2 Å². The number of nitrogens with zero attached hydrogens (tertiary/aromatic N) is 8. The van der Waals surface area contributed by atoms with E-state index < -0.39 is 5.91 Å². The van der Waals surface area contributed by atoms with Crippen LogP contribution in [0, 0.1) is 11.7 Å². The van der Waals surface area contributed by atoms with Crippen molar-refractivity contribution < 1.29 is 18.8 Å². The predicted octanol–water partition coefficient (Wildman–Crippen LogP) is 3.33. The molecule has 1 aromatic heterocycles. The number of benzene rings is 2. The van der Waals surface area contributed by atoms with Crippen molar-refractivity contribution in [2.24, 2.45) is 11.7 Å². The molecule has 4 amide bonds. The number of nitrogens with two attached hydrogens (primary N) is 1. The monoisotopic (exact) mass is 685 g/mol.